The first-order valence-corrected chi connectivity index (χ1v) is 10.6. The molecular weight excluding hydrogens is 405 g/mol. The van der Waals surface area contributed by atoms with Crippen LogP contribution in [0.5, 0.6) is 5.75 Å². The van der Waals surface area contributed by atoms with Crippen molar-refractivity contribution in [2.45, 2.75) is 26.2 Å². The molecule has 3 amide bonds. The van der Waals surface area contributed by atoms with Gasteiger partial charge in [-0.2, -0.15) is 0 Å². The van der Waals surface area contributed by atoms with Gasteiger partial charge in [0.2, 0.25) is 17.7 Å². The third kappa shape index (κ3) is 6.65. The van der Waals surface area contributed by atoms with Crippen LogP contribution in [0.4, 0.5) is 4.39 Å². The van der Waals surface area contributed by atoms with Crippen molar-refractivity contribution in [3.05, 3.63) is 30.1 Å². The SMILES string of the molecule is CC(=O)NCC(=O)N1CCCC(COc2ccc(F)cc2)(CC(=O)N2CCOCC2)C1. The number of carbonyl (C=O) groups excluding carboxylic acids is 3. The lowest BCUT2D eigenvalue weighted by atomic mass is 9.77. The quantitative estimate of drug-likeness (QED) is 0.695. The maximum atomic E-state index is 13.2. The molecule has 1 unspecified atom stereocenters. The van der Waals surface area contributed by atoms with Crippen LogP contribution in [0, 0.1) is 11.2 Å². The van der Waals surface area contributed by atoms with Gasteiger partial charge in [0, 0.05) is 44.9 Å². The Bertz CT molecular complexity index is 782. The number of morpholine rings is 1. The molecule has 1 N–H and O–H groups in total. The van der Waals surface area contributed by atoms with Crippen LogP contribution in [0.15, 0.2) is 24.3 Å². The second-order valence-electron chi connectivity index (χ2n) is 8.24. The van der Waals surface area contributed by atoms with Crippen LogP contribution >= 0.6 is 0 Å². The summed E-state index contributed by atoms with van der Waals surface area (Å²) in [5.74, 6) is -0.265. The van der Waals surface area contributed by atoms with Gasteiger partial charge in [0.15, 0.2) is 0 Å². The van der Waals surface area contributed by atoms with Crippen LogP contribution in [0.25, 0.3) is 0 Å². The molecule has 2 aliphatic rings. The smallest absolute Gasteiger partial charge is 0.241 e. The Morgan fingerprint density at radius 2 is 1.81 bits per heavy atom. The molecule has 31 heavy (non-hydrogen) atoms. The number of likely N-dealkylation sites (tertiary alicyclic amines) is 1. The van der Waals surface area contributed by atoms with E-state index in [1.165, 1.54) is 19.1 Å². The minimum absolute atomic E-state index is 0.0159. The predicted molar refractivity (Wildman–Crippen MR) is 111 cm³/mol. The average Bonchev–Trinajstić information content (AvgIpc) is 2.78. The largest absolute Gasteiger partial charge is 0.493 e. The van der Waals surface area contributed by atoms with Crippen molar-refractivity contribution in [2.24, 2.45) is 5.41 Å². The molecule has 1 aromatic carbocycles. The summed E-state index contributed by atoms with van der Waals surface area (Å²) < 4.78 is 24.5. The van der Waals surface area contributed by atoms with Crippen molar-refractivity contribution in [3.8, 4) is 5.75 Å². The molecular formula is C22H30FN3O5. The van der Waals surface area contributed by atoms with Gasteiger partial charge < -0.3 is 24.6 Å². The number of piperidine rings is 1. The van der Waals surface area contributed by atoms with Crippen molar-refractivity contribution in [1.29, 1.82) is 0 Å². The van der Waals surface area contributed by atoms with E-state index in [2.05, 4.69) is 5.32 Å². The lowest BCUT2D eigenvalue weighted by Gasteiger charge is -2.43. The predicted octanol–water partition coefficient (Wildman–Crippen LogP) is 1.20. The molecule has 0 spiro atoms. The fourth-order valence-corrected chi connectivity index (χ4v) is 4.06. The Hall–Kier alpha value is -2.68. The van der Waals surface area contributed by atoms with Crippen LogP contribution in [0.1, 0.15) is 26.2 Å². The number of hydrogen-bond acceptors (Lipinski definition) is 5. The summed E-state index contributed by atoms with van der Waals surface area (Å²) >= 11 is 0. The number of hydrogen-bond donors (Lipinski definition) is 1. The Labute approximate surface area is 181 Å². The maximum absolute atomic E-state index is 13.2. The Kier molecular flexibility index (Phi) is 7.84. The summed E-state index contributed by atoms with van der Waals surface area (Å²) in [6.45, 7) is 4.62. The first-order valence-electron chi connectivity index (χ1n) is 10.6. The maximum Gasteiger partial charge on any atom is 0.241 e. The number of nitrogens with one attached hydrogen (secondary N) is 1. The van der Waals surface area contributed by atoms with E-state index in [1.807, 2.05) is 0 Å². The van der Waals surface area contributed by atoms with Gasteiger partial charge >= 0.3 is 0 Å². The number of ether oxygens (including phenoxy) is 2. The molecule has 0 saturated carbocycles. The molecule has 8 nitrogen and oxygen atoms in total. The minimum atomic E-state index is -0.562. The van der Waals surface area contributed by atoms with E-state index in [0.29, 0.717) is 45.1 Å². The summed E-state index contributed by atoms with van der Waals surface area (Å²) in [6.07, 6.45) is 1.71. The van der Waals surface area contributed by atoms with Crippen molar-refractivity contribution >= 4 is 17.7 Å². The topological polar surface area (TPSA) is 88.2 Å². The van der Waals surface area contributed by atoms with Gasteiger partial charge in [-0.05, 0) is 37.1 Å². The monoisotopic (exact) mass is 435 g/mol. The fourth-order valence-electron chi connectivity index (χ4n) is 4.06. The van der Waals surface area contributed by atoms with Gasteiger partial charge in [0.05, 0.1) is 26.4 Å². The standard InChI is InChI=1S/C22H30FN3O5/c1-17(27)24-14-21(29)26-8-2-7-22(15-26,13-20(28)25-9-11-30-12-10-25)16-31-19-5-3-18(23)4-6-19/h3-6H,2,7-16H2,1H3,(H,24,27). The van der Waals surface area contributed by atoms with Crippen molar-refractivity contribution < 1.29 is 28.2 Å². The average molecular weight is 435 g/mol. The molecule has 0 aromatic heterocycles. The molecule has 1 aromatic rings. The van der Waals surface area contributed by atoms with Gasteiger partial charge in [-0.25, -0.2) is 4.39 Å². The van der Waals surface area contributed by atoms with Crippen LogP contribution in [0.2, 0.25) is 0 Å². The second-order valence-corrected chi connectivity index (χ2v) is 8.24. The van der Waals surface area contributed by atoms with Crippen LogP contribution in [0.3, 0.4) is 0 Å². The number of nitrogens with zero attached hydrogens (tertiary/aromatic N) is 2. The van der Waals surface area contributed by atoms with Gasteiger partial charge in [-0.15, -0.1) is 0 Å². The van der Waals surface area contributed by atoms with Gasteiger partial charge in [-0.3, -0.25) is 14.4 Å². The van der Waals surface area contributed by atoms with E-state index in [1.54, 1.807) is 21.9 Å². The van der Waals surface area contributed by atoms with Gasteiger partial charge in [-0.1, -0.05) is 0 Å². The zero-order valence-electron chi connectivity index (χ0n) is 17.9. The molecule has 170 valence electrons. The third-order valence-electron chi connectivity index (χ3n) is 5.75. The first kappa shape index (κ1) is 23.0. The van der Waals surface area contributed by atoms with Gasteiger partial charge in [0.25, 0.3) is 0 Å². The lowest BCUT2D eigenvalue weighted by Crippen LogP contribution is -2.53. The Morgan fingerprint density at radius 3 is 2.48 bits per heavy atom. The van der Waals surface area contributed by atoms with Crippen molar-refractivity contribution in [1.82, 2.24) is 15.1 Å². The Balaban J connectivity index is 1.72. The molecule has 0 aliphatic carbocycles. The molecule has 9 heteroatoms. The van der Waals surface area contributed by atoms with E-state index in [-0.39, 0.29) is 43.1 Å². The second kappa shape index (κ2) is 10.6. The Morgan fingerprint density at radius 1 is 1.10 bits per heavy atom. The summed E-state index contributed by atoms with van der Waals surface area (Å²) in [5.41, 5.74) is -0.562. The first-order chi connectivity index (χ1) is 14.9. The highest BCUT2D eigenvalue weighted by Crippen LogP contribution is 2.35. The van der Waals surface area contributed by atoms with Gasteiger partial charge in [0.1, 0.15) is 11.6 Å². The molecule has 2 aliphatic heterocycles. The zero-order valence-corrected chi connectivity index (χ0v) is 17.9. The summed E-state index contributed by atoms with van der Waals surface area (Å²) in [7, 11) is 0. The minimum Gasteiger partial charge on any atom is -0.493 e. The lowest BCUT2D eigenvalue weighted by molar-refractivity contribution is -0.143. The molecule has 2 heterocycles. The number of rotatable bonds is 7. The van der Waals surface area contributed by atoms with Crippen molar-refractivity contribution in [3.63, 3.8) is 0 Å². The highest BCUT2D eigenvalue weighted by molar-refractivity contribution is 5.84. The molecule has 0 radical (unpaired) electrons. The zero-order chi connectivity index (χ0) is 22.3. The number of amides is 3. The van der Waals surface area contributed by atoms with E-state index < -0.39 is 5.41 Å². The van der Waals surface area contributed by atoms with E-state index >= 15 is 0 Å². The number of carbonyl (C=O) groups is 3. The molecule has 1 atom stereocenters. The molecule has 2 fully saturated rings. The summed E-state index contributed by atoms with van der Waals surface area (Å²) in [5, 5.41) is 2.54. The number of benzene rings is 1. The van der Waals surface area contributed by atoms with Crippen molar-refractivity contribution in [2.75, 3.05) is 52.5 Å². The molecule has 2 saturated heterocycles. The highest BCUT2D eigenvalue weighted by atomic mass is 19.1. The fraction of sp³-hybridized carbons (Fsp3) is 0.591. The molecule has 0 bridgehead atoms. The highest BCUT2D eigenvalue weighted by Gasteiger charge is 2.41. The van der Waals surface area contributed by atoms with E-state index in [4.69, 9.17) is 9.47 Å². The molecule has 3 rings (SSSR count). The van der Waals surface area contributed by atoms with E-state index in [0.717, 1.165) is 12.8 Å². The van der Waals surface area contributed by atoms with Crippen LogP contribution in [-0.2, 0) is 19.1 Å². The van der Waals surface area contributed by atoms with Crippen LogP contribution < -0.4 is 10.1 Å². The van der Waals surface area contributed by atoms with E-state index in [9.17, 15) is 18.8 Å². The summed E-state index contributed by atoms with van der Waals surface area (Å²) in [6, 6.07) is 5.75. The summed E-state index contributed by atoms with van der Waals surface area (Å²) in [4.78, 5) is 40.3. The third-order valence-corrected chi connectivity index (χ3v) is 5.75. The normalized spacial score (nSPS) is 21.5. The number of halogens is 1. The van der Waals surface area contributed by atoms with Crippen LogP contribution in [-0.4, -0.2) is 80.1 Å².